The normalized spacial score (nSPS) is 11.6. The fourth-order valence-corrected chi connectivity index (χ4v) is 4.45. The number of aromatic nitrogens is 2. The maximum absolute atomic E-state index is 13.6. The zero-order valence-corrected chi connectivity index (χ0v) is 17.2. The SMILES string of the molecule is COc1ccc(OC)c(S(=O)(=O)N(Cc2ccc(F)cc2)Cc2ccnn2C)c1. The summed E-state index contributed by atoms with van der Waals surface area (Å²) in [5.41, 5.74) is 1.36. The van der Waals surface area contributed by atoms with Gasteiger partial charge >= 0.3 is 0 Å². The Morgan fingerprint density at radius 3 is 2.34 bits per heavy atom. The van der Waals surface area contributed by atoms with E-state index in [4.69, 9.17) is 9.47 Å². The fourth-order valence-electron chi connectivity index (χ4n) is 2.88. The highest BCUT2D eigenvalue weighted by atomic mass is 32.2. The van der Waals surface area contributed by atoms with Crippen LogP contribution in [0.2, 0.25) is 0 Å². The molecule has 0 aliphatic rings. The van der Waals surface area contributed by atoms with E-state index in [9.17, 15) is 12.8 Å². The molecule has 1 heterocycles. The first-order chi connectivity index (χ1) is 13.8. The van der Waals surface area contributed by atoms with Crippen molar-refractivity contribution in [3.63, 3.8) is 0 Å². The predicted octanol–water partition coefficient (Wildman–Crippen LogP) is 2.97. The first-order valence-electron chi connectivity index (χ1n) is 8.78. The predicted molar refractivity (Wildman–Crippen MR) is 106 cm³/mol. The highest BCUT2D eigenvalue weighted by Gasteiger charge is 2.29. The van der Waals surface area contributed by atoms with Crippen LogP contribution in [0.1, 0.15) is 11.3 Å². The topological polar surface area (TPSA) is 73.7 Å². The average molecular weight is 419 g/mol. The van der Waals surface area contributed by atoms with Crippen molar-refractivity contribution in [2.45, 2.75) is 18.0 Å². The number of methoxy groups -OCH3 is 2. The van der Waals surface area contributed by atoms with Crippen LogP contribution >= 0.6 is 0 Å². The van der Waals surface area contributed by atoms with Crippen LogP contribution in [0.5, 0.6) is 11.5 Å². The molecule has 0 atom stereocenters. The number of benzene rings is 2. The molecule has 29 heavy (non-hydrogen) atoms. The standard InChI is InChI=1S/C20H22FN3O4S/c1-23-17(10-11-22-23)14-24(13-15-4-6-16(21)7-5-15)29(25,26)20-12-18(27-2)8-9-19(20)28-3/h4-12H,13-14H2,1-3H3. The van der Waals surface area contributed by atoms with Crippen molar-refractivity contribution in [2.75, 3.05) is 14.2 Å². The van der Waals surface area contributed by atoms with Gasteiger partial charge in [0.05, 0.1) is 26.5 Å². The lowest BCUT2D eigenvalue weighted by molar-refractivity contribution is 0.372. The van der Waals surface area contributed by atoms with Crippen molar-refractivity contribution in [1.82, 2.24) is 14.1 Å². The Morgan fingerprint density at radius 1 is 1.03 bits per heavy atom. The van der Waals surface area contributed by atoms with Gasteiger partial charge in [-0.05, 0) is 35.9 Å². The number of nitrogens with zero attached hydrogens (tertiary/aromatic N) is 3. The summed E-state index contributed by atoms with van der Waals surface area (Å²) >= 11 is 0. The molecule has 0 saturated heterocycles. The average Bonchev–Trinajstić information content (AvgIpc) is 3.13. The molecule has 0 aliphatic heterocycles. The van der Waals surface area contributed by atoms with E-state index in [1.165, 1.54) is 36.7 Å². The molecule has 9 heteroatoms. The highest BCUT2D eigenvalue weighted by molar-refractivity contribution is 7.89. The summed E-state index contributed by atoms with van der Waals surface area (Å²) in [6.07, 6.45) is 1.60. The van der Waals surface area contributed by atoms with Gasteiger partial charge in [-0.15, -0.1) is 0 Å². The number of ether oxygens (including phenoxy) is 2. The van der Waals surface area contributed by atoms with Gasteiger partial charge < -0.3 is 9.47 Å². The van der Waals surface area contributed by atoms with Gasteiger partial charge in [-0.1, -0.05) is 12.1 Å². The van der Waals surface area contributed by atoms with E-state index in [0.717, 1.165) is 0 Å². The molecule has 0 aliphatic carbocycles. The lowest BCUT2D eigenvalue weighted by atomic mass is 10.2. The van der Waals surface area contributed by atoms with Crippen molar-refractivity contribution in [3.8, 4) is 11.5 Å². The van der Waals surface area contributed by atoms with Crippen LogP contribution in [0.4, 0.5) is 4.39 Å². The van der Waals surface area contributed by atoms with Crippen LogP contribution in [-0.4, -0.2) is 36.7 Å². The molecule has 154 valence electrons. The summed E-state index contributed by atoms with van der Waals surface area (Å²) in [6, 6.07) is 12.1. The number of halogens is 1. The van der Waals surface area contributed by atoms with Crippen LogP contribution in [0.3, 0.4) is 0 Å². The van der Waals surface area contributed by atoms with Crippen molar-refractivity contribution in [1.29, 1.82) is 0 Å². The van der Waals surface area contributed by atoms with E-state index in [-0.39, 0.29) is 29.6 Å². The van der Waals surface area contributed by atoms with Gasteiger partial charge in [0.1, 0.15) is 22.2 Å². The van der Waals surface area contributed by atoms with E-state index >= 15 is 0 Å². The number of aryl methyl sites for hydroxylation is 1. The second-order valence-corrected chi connectivity index (χ2v) is 8.27. The number of hydrogen-bond acceptors (Lipinski definition) is 5. The largest absolute Gasteiger partial charge is 0.497 e. The molecule has 0 unspecified atom stereocenters. The number of sulfonamides is 1. The van der Waals surface area contributed by atoms with Crippen molar-refractivity contribution in [3.05, 3.63) is 71.8 Å². The molecular formula is C20H22FN3O4S. The van der Waals surface area contributed by atoms with Gasteiger partial charge in [0.25, 0.3) is 0 Å². The third kappa shape index (κ3) is 4.57. The molecule has 3 aromatic rings. The second kappa shape index (κ2) is 8.62. The quantitative estimate of drug-likeness (QED) is 0.561. The molecular weight excluding hydrogens is 397 g/mol. The van der Waals surface area contributed by atoms with Crippen LogP contribution in [0.15, 0.2) is 59.6 Å². The Labute approximate surface area is 169 Å². The van der Waals surface area contributed by atoms with Crippen molar-refractivity contribution < 1.29 is 22.3 Å². The zero-order chi connectivity index (χ0) is 21.0. The van der Waals surface area contributed by atoms with E-state index in [1.54, 1.807) is 48.3 Å². The minimum Gasteiger partial charge on any atom is -0.497 e. The van der Waals surface area contributed by atoms with E-state index in [2.05, 4.69) is 5.10 Å². The third-order valence-corrected chi connectivity index (χ3v) is 6.33. The minimum absolute atomic E-state index is 0.0105. The van der Waals surface area contributed by atoms with Gasteiger partial charge in [0.2, 0.25) is 10.0 Å². The molecule has 0 amide bonds. The Kier molecular flexibility index (Phi) is 6.19. The molecule has 3 rings (SSSR count). The van der Waals surface area contributed by atoms with Gasteiger partial charge in [-0.25, -0.2) is 12.8 Å². The van der Waals surface area contributed by atoms with Gasteiger partial charge in [0.15, 0.2) is 0 Å². The summed E-state index contributed by atoms with van der Waals surface area (Å²) in [5, 5.41) is 4.11. The Balaban J connectivity index is 2.06. The maximum Gasteiger partial charge on any atom is 0.247 e. The molecule has 1 aromatic heterocycles. The molecule has 0 N–H and O–H groups in total. The van der Waals surface area contributed by atoms with Crippen LogP contribution in [-0.2, 0) is 30.2 Å². The van der Waals surface area contributed by atoms with E-state index < -0.39 is 10.0 Å². The van der Waals surface area contributed by atoms with Crippen LogP contribution < -0.4 is 9.47 Å². The van der Waals surface area contributed by atoms with Gasteiger partial charge in [-0.2, -0.15) is 9.40 Å². The van der Waals surface area contributed by atoms with Crippen LogP contribution in [0.25, 0.3) is 0 Å². The smallest absolute Gasteiger partial charge is 0.247 e. The summed E-state index contributed by atoms with van der Waals surface area (Å²) in [6.45, 7) is 0.130. The van der Waals surface area contributed by atoms with Gasteiger partial charge in [-0.3, -0.25) is 4.68 Å². The van der Waals surface area contributed by atoms with Crippen LogP contribution in [0, 0.1) is 5.82 Å². The van der Waals surface area contributed by atoms with Gasteiger partial charge in [0, 0.05) is 25.9 Å². The zero-order valence-electron chi connectivity index (χ0n) is 16.4. The molecule has 7 nitrogen and oxygen atoms in total. The lowest BCUT2D eigenvalue weighted by Crippen LogP contribution is -2.31. The second-order valence-electron chi connectivity index (χ2n) is 6.36. The lowest BCUT2D eigenvalue weighted by Gasteiger charge is -2.24. The highest BCUT2D eigenvalue weighted by Crippen LogP contribution is 2.32. The van der Waals surface area contributed by atoms with E-state index in [0.29, 0.717) is 17.0 Å². The first-order valence-corrected chi connectivity index (χ1v) is 10.2. The minimum atomic E-state index is -3.98. The summed E-state index contributed by atoms with van der Waals surface area (Å²) in [4.78, 5) is -0.0105. The number of rotatable bonds is 8. The molecule has 0 saturated carbocycles. The maximum atomic E-state index is 13.6. The monoisotopic (exact) mass is 419 g/mol. The summed E-state index contributed by atoms with van der Waals surface area (Å²) in [7, 11) is 0.628. The fraction of sp³-hybridized carbons (Fsp3) is 0.250. The van der Waals surface area contributed by atoms with Crippen molar-refractivity contribution in [2.24, 2.45) is 7.05 Å². The number of hydrogen-bond donors (Lipinski definition) is 0. The van der Waals surface area contributed by atoms with Crippen molar-refractivity contribution >= 4 is 10.0 Å². The van der Waals surface area contributed by atoms with E-state index in [1.807, 2.05) is 0 Å². The molecule has 0 spiro atoms. The summed E-state index contributed by atoms with van der Waals surface area (Å²) in [5.74, 6) is 0.218. The Bertz CT molecular complexity index is 1080. The third-order valence-electron chi connectivity index (χ3n) is 4.52. The Morgan fingerprint density at radius 2 is 1.76 bits per heavy atom. The molecule has 0 fully saturated rings. The molecule has 2 aromatic carbocycles. The summed E-state index contributed by atoms with van der Waals surface area (Å²) < 4.78 is 53.8. The Hall–Kier alpha value is -2.91. The molecule has 0 bridgehead atoms. The molecule has 0 radical (unpaired) electrons. The first kappa shape index (κ1) is 20.8.